The lowest BCUT2D eigenvalue weighted by Crippen LogP contribution is -2.51. The lowest BCUT2D eigenvalue weighted by Gasteiger charge is -2.34. The van der Waals surface area contributed by atoms with Crippen molar-refractivity contribution in [1.29, 1.82) is 0 Å². The smallest absolute Gasteiger partial charge is 0.235 e. The third-order valence-corrected chi connectivity index (χ3v) is 4.46. The molecule has 0 fully saturated rings. The minimum absolute atomic E-state index is 0.132. The van der Waals surface area contributed by atoms with E-state index in [1.165, 1.54) is 0 Å². The summed E-state index contributed by atoms with van der Waals surface area (Å²) in [5.41, 5.74) is 7.79. The Morgan fingerprint density at radius 3 is 2.50 bits per heavy atom. The van der Waals surface area contributed by atoms with Crippen molar-refractivity contribution in [3.8, 4) is 5.75 Å². The van der Waals surface area contributed by atoms with Crippen LogP contribution in [0, 0.1) is 0 Å². The second kappa shape index (κ2) is 8.49. The number of nitrogens with one attached hydrogen (secondary N) is 1. The van der Waals surface area contributed by atoms with Crippen LogP contribution in [-0.4, -0.2) is 42.5 Å². The number of benzene rings is 2. The van der Waals surface area contributed by atoms with Crippen LogP contribution < -0.4 is 15.8 Å². The van der Waals surface area contributed by atoms with Crippen molar-refractivity contribution in [2.75, 3.05) is 19.7 Å². The molecule has 3 N–H and O–H groups in total. The van der Waals surface area contributed by atoms with E-state index in [0.717, 1.165) is 16.9 Å². The predicted molar refractivity (Wildman–Crippen MR) is 98.5 cm³/mol. The number of ether oxygens (including phenoxy) is 1. The maximum Gasteiger partial charge on any atom is 0.235 e. The van der Waals surface area contributed by atoms with Gasteiger partial charge in [-0.3, -0.25) is 14.5 Å². The largest absolute Gasteiger partial charge is 0.492 e. The molecule has 2 aromatic rings. The first-order valence-electron chi connectivity index (χ1n) is 8.68. The number of hydrogen-bond donors (Lipinski definition) is 2. The van der Waals surface area contributed by atoms with Crippen LogP contribution in [0.3, 0.4) is 0 Å². The summed E-state index contributed by atoms with van der Waals surface area (Å²) < 4.78 is 5.55. The molecule has 0 aliphatic carbocycles. The first kappa shape index (κ1) is 17.9. The molecule has 0 bridgehead atoms. The van der Waals surface area contributed by atoms with Crippen molar-refractivity contribution in [2.24, 2.45) is 5.73 Å². The third kappa shape index (κ3) is 4.61. The first-order valence-corrected chi connectivity index (χ1v) is 8.68. The summed E-state index contributed by atoms with van der Waals surface area (Å²) in [6, 6.07) is 16.9. The Labute approximate surface area is 152 Å². The van der Waals surface area contributed by atoms with Crippen molar-refractivity contribution in [2.45, 2.75) is 19.0 Å². The van der Waals surface area contributed by atoms with Gasteiger partial charge in [0, 0.05) is 6.54 Å². The third-order valence-electron chi connectivity index (χ3n) is 4.46. The monoisotopic (exact) mass is 353 g/mol. The maximum absolute atomic E-state index is 12.2. The van der Waals surface area contributed by atoms with Crippen LogP contribution in [0.4, 0.5) is 0 Å². The van der Waals surface area contributed by atoms with Crippen LogP contribution in [0.5, 0.6) is 5.75 Å². The molecule has 0 saturated heterocycles. The summed E-state index contributed by atoms with van der Waals surface area (Å²) in [6.45, 7) is 1.46. The molecule has 6 heteroatoms. The number of nitrogens with two attached hydrogens (primary N) is 1. The van der Waals surface area contributed by atoms with Gasteiger partial charge in [-0.15, -0.1) is 0 Å². The lowest BCUT2D eigenvalue weighted by molar-refractivity contribution is -0.127. The molecular formula is C20H23N3O3. The number of primary amides is 1. The molecular weight excluding hydrogens is 330 g/mol. The molecule has 1 aliphatic heterocycles. The Morgan fingerprint density at radius 2 is 1.77 bits per heavy atom. The number of nitrogens with zero attached hydrogens (tertiary/aromatic N) is 1. The molecule has 1 atom stereocenters. The summed E-state index contributed by atoms with van der Waals surface area (Å²) in [5.74, 6) is 0.218. The molecule has 0 unspecified atom stereocenters. The molecule has 0 saturated carbocycles. The highest BCUT2D eigenvalue weighted by Crippen LogP contribution is 2.22. The number of carbonyl (C=O) groups is 2. The molecule has 26 heavy (non-hydrogen) atoms. The fourth-order valence-electron chi connectivity index (χ4n) is 3.14. The van der Waals surface area contributed by atoms with E-state index in [1.54, 1.807) is 0 Å². The van der Waals surface area contributed by atoms with Crippen molar-refractivity contribution in [3.05, 3.63) is 65.7 Å². The van der Waals surface area contributed by atoms with E-state index >= 15 is 0 Å². The second-order valence-corrected chi connectivity index (χ2v) is 6.31. The zero-order chi connectivity index (χ0) is 18.4. The standard InChI is InChI=1S/C20H23N3O3/c21-20(25)18-12-15-6-4-5-7-16(15)13-23(18)14-19(24)22-10-11-26-17-8-2-1-3-9-17/h1-9,18H,10-14H2,(H2,21,25)(H,22,24)/t18-/m0/s1. The summed E-state index contributed by atoms with van der Waals surface area (Å²) >= 11 is 0. The first-order chi connectivity index (χ1) is 12.6. The highest BCUT2D eigenvalue weighted by molar-refractivity contribution is 5.83. The molecule has 6 nitrogen and oxygen atoms in total. The summed E-state index contributed by atoms with van der Waals surface area (Å²) in [5, 5.41) is 2.83. The SMILES string of the molecule is NC(=O)[C@@H]1Cc2ccccc2CN1CC(=O)NCCOc1ccccc1. The van der Waals surface area contributed by atoms with E-state index in [0.29, 0.717) is 26.1 Å². The van der Waals surface area contributed by atoms with E-state index in [4.69, 9.17) is 10.5 Å². The van der Waals surface area contributed by atoms with Crippen LogP contribution in [0.2, 0.25) is 0 Å². The molecule has 0 radical (unpaired) electrons. The van der Waals surface area contributed by atoms with Crippen molar-refractivity contribution < 1.29 is 14.3 Å². The number of amides is 2. The molecule has 0 spiro atoms. The van der Waals surface area contributed by atoms with Gasteiger partial charge in [-0.2, -0.15) is 0 Å². The van der Waals surface area contributed by atoms with Gasteiger partial charge in [0.2, 0.25) is 11.8 Å². The summed E-state index contributed by atoms with van der Waals surface area (Å²) in [4.78, 5) is 25.9. The molecule has 2 amide bonds. The normalized spacial score (nSPS) is 16.5. The zero-order valence-corrected chi connectivity index (χ0v) is 14.6. The van der Waals surface area contributed by atoms with Crippen molar-refractivity contribution >= 4 is 11.8 Å². The van der Waals surface area contributed by atoms with Crippen LogP contribution in [0.25, 0.3) is 0 Å². The fraction of sp³-hybridized carbons (Fsp3) is 0.300. The van der Waals surface area contributed by atoms with Crippen LogP contribution >= 0.6 is 0 Å². The van der Waals surface area contributed by atoms with Gasteiger partial charge in [-0.05, 0) is 29.7 Å². The average molecular weight is 353 g/mol. The fourth-order valence-corrected chi connectivity index (χ4v) is 3.14. The van der Waals surface area contributed by atoms with Gasteiger partial charge < -0.3 is 15.8 Å². The molecule has 3 rings (SSSR count). The molecule has 136 valence electrons. The van der Waals surface area contributed by atoms with Crippen molar-refractivity contribution in [3.63, 3.8) is 0 Å². The highest BCUT2D eigenvalue weighted by Gasteiger charge is 2.30. The highest BCUT2D eigenvalue weighted by atomic mass is 16.5. The van der Waals surface area contributed by atoms with E-state index < -0.39 is 11.9 Å². The topological polar surface area (TPSA) is 84.7 Å². The number of fused-ring (bicyclic) bond motifs is 1. The van der Waals surface area contributed by atoms with Crippen LogP contribution in [0.1, 0.15) is 11.1 Å². The van der Waals surface area contributed by atoms with Gasteiger partial charge in [0.05, 0.1) is 19.1 Å². The Morgan fingerprint density at radius 1 is 1.08 bits per heavy atom. The minimum Gasteiger partial charge on any atom is -0.492 e. The second-order valence-electron chi connectivity index (χ2n) is 6.31. The zero-order valence-electron chi connectivity index (χ0n) is 14.6. The Kier molecular flexibility index (Phi) is 5.86. The van der Waals surface area contributed by atoms with E-state index in [9.17, 15) is 9.59 Å². The Bertz CT molecular complexity index is 764. The van der Waals surface area contributed by atoms with E-state index in [2.05, 4.69) is 5.32 Å². The van der Waals surface area contributed by atoms with Crippen LogP contribution in [-0.2, 0) is 22.6 Å². The van der Waals surface area contributed by atoms with Gasteiger partial charge in [0.15, 0.2) is 0 Å². The molecule has 0 aromatic heterocycles. The molecule has 1 aliphatic rings. The van der Waals surface area contributed by atoms with Gasteiger partial charge >= 0.3 is 0 Å². The lowest BCUT2D eigenvalue weighted by atomic mass is 9.93. The van der Waals surface area contributed by atoms with Gasteiger partial charge in [0.25, 0.3) is 0 Å². The number of rotatable bonds is 7. The van der Waals surface area contributed by atoms with Gasteiger partial charge in [0.1, 0.15) is 12.4 Å². The maximum atomic E-state index is 12.2. The Balaban J connectivity index is 1.50. The average Bonchev–Trinajstić information content (AvgIpc) is 2.65. The Hall–Kier alpha value is -2.86. The summed E-state index contributed by atoms with van der Waals surface area (Å²) in [6.07, 6.45) is 0.538. The summed E-state index contributed by atoms with van der Waals surface area (Å²) in [7, 11) is 0. The number of hydrogen-bond acceptors (Lipinski definition) is 4. The minimum atomic E-state index is -0.462. The van der Waals surface area contributed by atoms with Gasteiger partial charge in [-0.1, -0.05) is 42.5 Å². The number of carbonyl (C=O) groups excluding carboxylic acids is 2. The van der Waals surface area contributed by atoms with E-state index in [-0.39, 0.29) is 12.5 Å². The molecule has 1 heterocycles. The molecule has 2 aromatic carbocycles. The quantitative estimate of drug-likeness (QED) is 0.730. The van der Waals surface area contributed by atoms with Gasteiger partial charge in [-0.25, -0.2) is 0 Å². The predicted octanol–water partition coefficient (Wildman–Crippen LogP) is 1.09. The number of para-hydroxylation sites is 1. The van der Waals surface area contributed by atoms with Crippen molar-refractivity contribution in [1.82, 2.24) is 10.2 Å². The van der Waals surface area contributed by atoms with E-state index in [1.807, 2.05) is 59.5 Å². The van der Waals surface area contributed by atoms with Crippen LogP contribution in [0.15, 0.2) is 54.6 Å².